The summed E-state index contributed by atoms with van der Waals surface area (Å²) >= 11 is 0. The van der Waals surface area contributed by atoms with Crippen LogP contribution in [0.4, 0.5) is 4.79 Å². The van der Waals surface area contributed by atoms with E-state index in [0.717, 1.165) is 5.57 Å². The molecule has 0 saturated carbocycles. The Morgan fingerprint density at radius 3 is 2.23 bits per heavy atom. The van der Waals surface area contributed by atoms with Crippen molar-refractivity contribution >= 4 is 12.0 Å². The lowest BCUT2D eigenvalue weighted by molar-refractivity contribution is -0.136. The number of carbonyl (C=O) groups is 2. The molecule has 0 spiro atoms. The molecule has 5 nitrogen and oxygen atoms in total. The number of carbonyl (C=O) groups excluding carboxylic acids is 2. The Balaban J connectivity index is 2.52. The van der Waals surface area contributed by atoms with Gasteiger partial charge in [-0.05, 0) is 47.5 Å². The summed E-state index contributed by atoms with van der Waals surface area (Å²) in [6.45, 7) is 15.8. The quantitative estimate of drug-likeness (QED) is 0.750. The first kappa shape index (κ1) is 18.5. The summed E-state index contributed by atoms with van der Waals surface area (Å²) in [5, 5.41) is 0. The second-order valence-corrected chi connectivity index (χ2v) is 7.05. The lowest BCUT2D eigenvalue weighted by Gasteiger charge is -2.35. The molecule has 1 heterocycles. The Morgan fingerprint density at radius 2 is 1.82 bits per heavy atom. The fourth-order valence-electron chi connectivity index (χ4n) is 2.57. The highest BCUT2D eigenvalue weighted by atomic mass is 16.6. The molecule has 1 rings (SSSR count). The highest BCUT2D eigenvalue weighted by Gasteiger charge is 2.31. The van der Waals surface area contributed by atoms with Crippen molar-refractivity contribution < 1.29 is 14.3 Å². The standard InChI is InChI=1S/C17H30N2O3/c1-7-18(12-13(2)3)15(20)14-8-10-19(11-9-14)16(21)22-17(4,5)6/h14H,2,7-12H2,1,3-6H3. The molecule has 0 N–H and O–H groups in total. The van der Waals surface area contributed by atoms with Crippen molar-refractivity contribution in [3.05, 3.63) is 12.2 Å². The van der Waals surface area contributed by atoms with E-state index in [1.54, 1.807) is 4.90 Å². The summed E-state index contributed by atoms with van der Waals surface area (Å²) in [6, 6.07) is 0. The maximum Gasteiger partial charge on any atom is 0.410 e. The van der Waals surface area contributed by atoms with E-state index in [2.05, 4.69) is 6.58 Å². The number of amides is 2. The van der Waals surface area contributed by atoms with Crippen LogP contribution in [0.1, 0.15) is 47.5 Å². The zero-order valence-electron chi connectivity index (χ0n) is 14.6. The van der Waals surface area contributed by atoms with Crippen LogP contribution in [0, 0.1) is 5.92 Å². The third-order valence-corrected chi connectivity index (χ3v) is 3.65. The number of rotatable bonds is 4. The number of nitrogens with zero attached hydrogens (tertiary/aromatic N) is 2. The molecular weight excluding hydrogens is 280 g/mol. The van der Waals surface area contributed by atoms with Crippen molar-refractivity contribution in [1.82, 2.24) is 9.80 Å². The first-order chi connectivity index (χ1) is 10.1. The summed E-state index contributed by atoms with van der Waals surface area (Å²) < 4.78 is 5.37. The van der Waals surface area contributed by atoms with Crippen molar-refractivity contribution in [1.29, 1.82) is 0 Å². The average molecular weight is 310 g/mol. The molecule has 1 aliphatic rings. The van der Waals surface area contributed by atoms with Gasteiger partial charge in [0.15, 0.2) is 0 Å². The van der Waals surface area contributed by atoms with Gasteiger partial charge in [0.1, 0.15) is 5.60 Å². The lowest BCUT2D eigenvalue weighted by atomic mass is 9.95. The molecule has 126 valence electrons. The minimum Gasteiger partial charge on any atom is -0.444 e. The van der Waals surface area contributed by atoms with Gasteiger partial charge in [-0.3, -0.25) is 4.79 Å². The van der Waals surface area contributed by atoms with E-state index in [1.165, 1.54) is 0 Å². The third-order valence-electron chi connectivity index (χ3n) is 3.65. The molecule has 0 aromatic rings. The molecule has 0 aliphatic carbocycles. The van der Waals surface area contributed by atoms with Gasteiger partial charge in [-0.15, -0.1) is 0 Å². The predicted octanol–water partition coefficient (Wildman–Crippen LogP) is 3.06. The van der Waals surface area contributed by atoms with Crippen molar-refractivity contribution in [3.8, 4) is 0 Å². The number of likely N-dealkylation sites (N-methyl/N-ethyl adjacent to an activating group) is 1. The van der Waals surface area contributed by atoms with Crippen LogP contribution in [0.5, 0.6) is 0 Å². The van der Waals surface area contributed by atoms with E-state index >= 15 is 0 Å². The van der Waals surface area contributed by atoms with Gasteiger partial charge in [-0.1, -0.05) is 12.2 Å². The lowest BCUT2D eigenvalue weighted by Crippen LogP contribution is -2.46. The van der Waals surface area contributed by atoms with Crippen molar-refractivity contribution in [2.45, 2.75) is 53.1 Å². The average Bonchev–Trinajstić information content (AvgIpc) is 2.42. The molecule has 0 aromatic carbocycles. The summed E-state index contributed by atoms with van der Waals surface area (Å²) in [4.78, 5) is 28.1. The Labute approximate surface area is 134 Å². The van der Waals surface area contributed by atoms with Crippen LogP contribution in [0.15, 0.2) is 12.2 Å². The van der Waals surface area contributed by atoms with E-state index in [4.69, 9.17) is 4.74 Å². The molecule has 0 atom stereocenters. The van der Waals surface area contributed by atoms with E-state index in [-0.39, 0.29) is 17.9 Å². The van der Waals surface area contributed by atoms with E-state index in [1.807, 2.05) is 39.5 Å². The third kappa shape index (κ3) is 5.70. The molecule has 0 unspecified atom stereocenters. The van der Waals surface area contributed by atoms with Gasteiger partial charge in [0.2, 0.25) is 5.91 Å². The molecule has 0 bridgehead atoms. The Hall–Kier alpha value is -1.52. The molecule has 0 radical (unpaired) electrons. The molecule has 1 saturated heterocycles. The fraction of sp³-hybridized carbons (Fsp3) is 0.765. The monoisotopic (exact) mass is 310 g/mol. The molecule has 22 heavy (non-hydrogen) atoms. The fourth-order valence-corrected chi connectivity index (χ4v) is 2.57. The van der Waals surface area contributed by atoms with E-state index < -0.39 is 5.60 Å². The van der Waals surface area contributed by atoms with Crippen LogP contribution < -0.4 is 0 Å². The molecule has 5 heteroatoms. The zero-order valence-corrected chi connectivity index (χ0v) is 14.6. The van der Waals surface area contributed by atoms with Crippen molar-refractivity contribution in [2.24, 2.45) is 5.92 Å². The normalized spacial score (nSPS) is 16.3. The van der Waals surface area contributed by atoms with Crippen LogP contribution in [-0.2, 0) is 9.53 Å². The minimum atomic E-state index is -0.482. The molecule has 1 fully saturated rings. The largest absolute Gasteiger partial charge is 0.444 e. The number of likely N-dealkylation sites (tertiary alicyclic amines) is 1. The number of hydrogen-bond acceptors (Lipinski definition) is 3. The number of hydrogen-bond donors (Lipinski definition) is 0. The van der Waals surface area contributed by atoms with E-state index in [9.17, 15) is 9.59 Å². The Bertz CT molecular complexity index is 418. The highest BCUT2D eigenvalue weighted by Crippen LogP contribution is 2.22. The summed E-state index contributed by atoms with van der Waals surface area (Å²) in [5.41, 5.74) is 0.506. The minimum absolute atomic E-state index is 0.00186. The van der Waals surface area contributed by atoms with Crippen molar-refractivity contribution in [3.63, 3.8) is 0 Å². The SMILES string of the molecule is C=C(C)CN(CC)C(=O)C1CCN(C(=O)OC(C)(C)C)CC1. The summed E-state index contributed by atoms with van der Waals surface area (Å²) in [5.74, 6) is 0.173. The molecule has 1 aliphatic heterocycles. The second-order valence-electron chi connectivity index (χ2n) is 7.05. The van der Waals surface area contributed by atoms with Gasteiger partial charge in [0, 0.05) is 32.1 Å². The van der Waals surface area contributed by atoms with Crippen LogP contribution >= 0.6 is 0 Å². The summed E-state index contributed by atoms with van der Waals surface area (Å²) in [6.07, 6.45) is 1.11. The van der Waals surface area contributed by atoms with Gasteiger partial charge in [-0.2, -0.15) is 0 Å². The maximum absolute atomic E-state index is 12.5. The Kier molecular flexibility index (Phi) is 6.45. The summed E-state index contributed by atoms with van der Waals surface area (Å²) in [7, 11) is 0. The first-order valence-corrected chi connectivity index (χ1v) is 8.05. The van der Waals surface area contributed by atoms with Crippen LogP contribution in [0.25, 0.3) is 0 Å². The van der Waals surface area contributed by atoms with Crippen LogP contribution in [0.3, 0.4) is 0 Å². The second kappa shape index (κ2) is 7.65. The molecule has 2 amide bonds. The van der Waals surface area contributed by atoms with Crippen LogP contribution in [0.2, 0.25) is 0 Å². The van der Waals surface area contributed by atoms with Gasteiger partial charge < -0.3 is 14.5 Å². The van der Waals surface area contributed by atoms with Gasteiger partial charge in [0.25, 0.3) is 0 Å². The number of piperidine rings is 1. The maximum atomic E-state index is 12.5. The van der Waals surface area contributed by atoms with Crippen molar-refractivity contribution in [2.75, 3.05) is 26.2 Å². The zero-order chi connectivity index (χ0) is 16.9. The number of ether oxygens (including phenoxy) is 1. The van der Waals surface area contributed by atoms with Gasteiger partial charge >= 0.3 is 6.09 Å². The molecule has 0 aromatic heterocycles. The Morgan fingerprint density at radius 1 is 1.27 bits per heavy atom. The molecular formula is C17H30N2O3. The van der Waals surface area contributed by atoms with Crippen LogP contribution in [-0.4, -0.2) is 53.6 Å². The smallest absolute Gasteiger partial charge is 0.410 e. The predicted molar refractivity (Wildman–Crippen MR) is 87.6 cm³/mol. The van der Waals surface area contributed by atoms with Gasteiger partial charge in [-0.25, -0.2) is 4.79 Å². The van der Waals surface area contributed by atoms with E-state index in [0.29, 0.717) is 39.0 Å². The van der Waals surface area contributed by atoms with Gasteiger partial charge in [0.05, 0.1) is 0 Å². The first-order valence-electron chi connectivity index (χ1n) is 8.05. The topological polar surface area (TPSA) is 49.9 Å². The highest BCUT2D eigenvalue weighted by molar-refractivity contribution is 5.79.